The lowest BCUT2D eigenvalue weighted by molar-refractivity contribution is 0.0928. The number of ether oxygens (including phenoxy) is 2. The molecule has 0 radical (unpaired) electrons. The normalized spacial score (nSPS) is 9.83. The highest BCUT2D eigenvalue weighted by molar-refractivity contribution is 6.30. The predicted octanol–water partition coefficient (Wildman–Crippen LogP) is 4.06. The number of rotatable bonds is 3. The molecule has 18 heavy (non-hydrogen) atoms. The molecule has 92 valence electrons. The Morgan fingerprint density at radius 2 is 1.67 bits per heavy atom. The van der Waals surface area contributed by atoms with E-state index in [1.807, 2.05) is 30.3 Å². The van der Waals surface area contributed by atoms with Crippen molar-refractivity contribution in [2.24, 2.45) is 0 Å². The first-order chi connectivity index (χ1) is 8.74. The lowest BCUT2D eigenvalue weighted by Gasteiger charge is -2.05. The summed E-state index contributed by atoms with van der Waals surface area (Å²) in [7, 11) is 0. The zero-order valence-electron chi connectivity index (χ0n) is 9.51. The first-order valence-electron chi connectivity index (χ1n) is 5.38. The molecule has 2 rings (SSSR count). The van der Waals surface area contributed by atoms with Crippen LogP contribution in [0.15, 0.2) is 54.6 Å². The van der Waals surface area contributed by atoms with Gasteiger partial charge in [-0.2, -0.15) is 0 Å². The SMILES string of the molecule is O=C(OCc1ccccc1)Oc1ccc(Cl)cc1. The van der Waals surface area contributed by atoms with Crippen molar-refractivity contribution in [2.45, 2.75) is 6.61 Å². The van der Waals surface area contributed by atoms with Gasteiger partial charge in [-0.3, -0.25) is 0 Å². The summed E-state index contributed by atoms with van der Waals surface area (Å²) in [6, 6.07) is 15.9. The van der Waals surface area contributed by atoms with E-state index in [9.17, 15) is 4.79 Å². The number of halogens is 1. The molecule has 0 bridgehead atoms. The molecule has 0 aromatic heterocycles. The molecule has 2 aromatic carbocycles. The van der Waals surface area contributed by atoms with E-state index in [2.05, 4.69) is 0 Å². The lowest BCUT2D eigenvalue weighted by Crippen LogP contribution is -2.10. The minimum Gasteiger partial charge on any atom is -0.429 e. The van der Waals surface area contributed by atoms with Gasteiger partial charge in [-0.25, -0.2) is 4.79 Å². The smallest absolute Gasteiger partial charge is 0.429 e. The third-order valence-corrected chi connectivity index (χ3v) is 2.47. The van der Waals surface area contributed by atoms with Gasteiger partial charge in [0.25, 0.3) is 0 Å². The Bertz CT molecular complexity index is 508. The van der Waals surface area contributed by atoms with Crippen LogP contribution in [0.1, 0.15) is 5.56 Å². The molecule has 0 unspecified atom stereocenters. The molecule has 0 saturated heterocycles. The van der Waals surface area contributed by atoms with Crippen LogP contribution < -0.4 is 4.74 Å². The van der Waals surface area contributed by atoms with Gasteiger partial charge in [-0.05, 0) is 29.8 Å². The van der Waals surface area contributed by atoms with Gasteiger partial charge in [0.2, 0.25) is 0 Å². The van der Waals surface area contributed by atoms with E-state index < -0.39 is 6.16 Å². The zero-order chi connectivity index (χ0) is 12.8. The van der Waals surface area contributed by atoms with Crippen LogP contribution >= 0.6 is 11.6 Å². The fourth-order valence-corrected chi connectivity index (χ4v) is 1.47. The van der Waals surface area contributed by atoms with Gasteiger partial charge in [-0.15, -0.1) is 0 Å². The highest BCUT2D eigenvalue weighted by Crippen LogP contribution is 2.16. The maximum absolute atomic E-state index is 11.4. The third-order valence-electron chi connectivity index (χ3n) is 2.21. The minimum atomic E-state index is -0.735. The Morgan fingerprint density at radius 3 is 2.33 bits per heavy atom. The molecule has 0 saturated carbocycles. The second-order valence-corrected chi connectivity index (χ2v) is 4.02. The van der Waals surface area contributed by atoms with Crippen LogP contribution in [0, 0.1) is 0 Å². The molecule has 0 aliphatic rings. The third kappa shape index (κ3) is 3.79. The average molecular weight is 263 g/mol. The molecule has 0 aliphatic heterocycles. The molecule has 2 aromatic rings. The molecule has 0 fully saturated rings. The molecule has 4 heteroatoms. The fourth-order valence-electron chi connectivity index (χ4n) is 1.34. The van der Waals surface area contributed by atoms with Crippen molar-refractivity contribution in [1.29, 1.82) is 0 Å². The van der Waals surface area contributed by atoms with Crippen LogP contribution in [0.5, 0.6) is 5.75 Å². The molecule has 0 heterocycles. The molecule has 0 spiro atoms. The predicted molar refractivity (Wildman–Crippen MR) is 68.7 cm³/mol. The molecule has 3 nitrogen and oxygen atoms in total. The van der Waals surface area contributed by atoms with E-state index in [0.717, 1.165) is 5.56 Å². The molecular weight excluding hydrogens is 252 g/mol. The maximum Gasteiger partial charge on any atom is 0.514 e. The van der Waals surface area contributed by atoms with Gasteiger partial charge in [0.1, 0.15) is 12.4 Å². The van der Waals surface area contributed by atoms with Crippen LogP contribution in [-0.2, 0) is 11.3 Å². The lowest BCUT2D eigenvalue weighted by atomic mass is 10.2. The van der Waals surface area contributed by atoms with Crippen LogP contribution in [0.4, 0.5) is 4.79 Å². The van der Waals surface area contributed by atoms with Gasteiger partial charge >= 0.3 is 6.16 Å². The summed E-state index contributed by atoms with van der Waals surface area (Å²) in [5.74, 6) is 0.400. The highest BCUT2D eigenvalue weighted by Gasteiger charge is 2.06. The van der Waals surface area contributed by atoms with Gasteiger partial charge < -0.3 is 9.47 Å². The Labute approximate surface area is 110 Å². The van der Waals surface area contributed by atoms with E-state index >= 15 is 0 Å². The summed E-state index contributed by atoms with van der Waals surface area (Å²) >= 11 is 5.72. The Kier molecular flexibility index (Phi) is 4.20. The van der Waals surface area contributed by atoms with E-state index in [0.29, 0.717) is 10.8 Å². The second-order valence-electron chi connectivity index (χ2n) is 3.58. The average Bonchev–Trinajstić information content (AvgIpc) is 2.40. The molecule has 0 amide bonds. The zero-order valence-corrected chi connectivity index (χ0v) is 10.3. The van der Waals surface area contributed by atoms with E-state index in [1.165, 1.54) is 0 Å². The molecular formula is C14H11ClO3. The first-order valence-corrected chi connectivity index (χ1v) is 5.76. The van der Waals surface area contributed by atoms with Gasteiger partial charge in [0.15, 0.2) is 0 Å². The standard InChI is InChI=1S/C14H11ClO3/c15-12-6-8-13(9-7-12)18-14(16)17-10-11-4-2-1-3-5-11/h1-9H,10H2. The number of hydrogen-bond donors (Lipinski definition) is 0. The van der Waals surface area contributed by atoms with E-state index in [1.54, 1.807) is 24.3 Å². The summed E-state index contributed by atoms with van der Waals surface area (Å²) in [5, 5.41) is 0.583. The molecule has 0 aliphatic carbocycles. The van der Waals surface area contributed by atoms with Gasteiger partial charge in [-0.1, -0.05) is 41.9 Å². The highest BCUT2D eigenvalue weighted by atomic mass is 35.5. The Hall–Kier alpha value is -2.00. The second kappa shape index (κ2) is 6.07. The van der Waals surface area contributed by atoms with E-state index in [4.69, 9.17) is 21.1 Å². The summed E-state index contributed by atoms with van der Waals surface area (Å²) in [4.78, 5) is 11.4. The number of hydrogen-bond acceptors (Lipinski definition) is 3. The quantitative estimate of drug-likeness (QED) is 0.618. The number of carbonyl (C=O) groups is 1. The van der Waals surface area contributed by atoms with Crippen LogP contribution in [-0.4, -0.2) is 6.16 Å². The van der Waals surface area contributed by atoms with Crippen molar-refractivity contribution in [3.05, 3.63) is 65.2 Å². The van der Waals surface area contributed by atoms with Crippen LogP contribution in [0.3, 0.4) is 0 Å². The monoisotopic (exact) mass is 262 g/mol. The van der Waals surface area contributed by atoms with Crippen LogP contribution in [0.2, 0.25) is 5.02 Å². The number of benzene rings is 2. The fraction of sp³-hybridized carbons (Fsp3) is 0.0714. The van der Waals surface area contributed by atoms with E-state index in [-0.39, 0.29) is 6.61 Å². The summed E-state index contributed by atoms with van der Waals surface area (Å²) in [6.07, 6.45) is -0.735. The van der Waals surface area contributed by atoms with Crippen molar-refractivity contribution in [1.82, 2.24) is 0 Å². The molecule has 0 N–H and O–H groups in total. The number of carbonyl (C=O) groups excluding carboxylic acids is 1. The van der Waals surface area contributed by atoms with Crippen LogP contribution in [0.25, 0.3) is 0 Å². The van der Waals surface area contributed by atoms with Crippen molar-refractivity contribution in [2.75, 3.05) is 0 Å². The van der Waals surface area contributed by atoms with Crippen molar-refractivity contribution in [3.63, 3.8) is 0 Å². The Morgan fingerprint density at radius 1 is 1.00 bits per heavy atom. The largest absolute Gasteiger partial charge is 0.514 e. The first kappa shape index (κ1) is 12.5. The topological polar surface area (TPSA) is 35.5 Å². The summed E-state index contributed by atoms with van der Waals surface area (Å²) in [6.45, 7) is 0.188. The summed E-state index contributed by atoms with van der Waals surface area (Å²) in [5.41, 5.74) is 0.908. The molecule has 0 atom stereocenters. The van der Waals surface area contributed by atoms with Crippen molar-refractivity contribution in [3.8, 4) is 5.75 Å². The van der Waals surface area contributed by atoms with Gasteiger partial charge in [0, 0.05) is 5.02 Å². The van der Waals surface area contributed by atoms with Crippen molar-refractivity contribution < 1.29 is 14.3 Å². The Balaban J connectivity index is 1.84. The minimum absolute atomic E-state index is 0.188. The summed E-state index contributed by atoms with van der Waals surface area (Å²) < 4.78 is 9.94. The van der Waals surface area contributed by atoms with Crippen molar-refractivity contribution >= 4 is 17.8 Å². The van der Waals surface area contributed by atoms with Gasteiger partial charge in [0.05, 0.1) is 0 Å². The maximum atomic E-state index is 11.4.